The van der Waals surface area contributed by atoms with Gasteiger partial charge in [-0.05, 0) is 54.8 Å². The Labute approximate surface area is 193 Å². The molecule has 2 fully saturated rings. The normalized spacial score (nSPS) is 20.2. The van der Waals surface area contributed by atoms with Crippen LogP contribution in [0.15, 0.2) is 53.4 Å². The summed E-state index contributed by atoms with van der Waals surface area (Å²) in [6, 6.07) is 12.0. The first-order chi connectivity index (χ1) is 15.6. The third-order valence-corrected chi connectivity index (χ3v) is 9.04. The highest BCUT2D eigenvalue weighted by Gasteiger charge is 2.31. The molecule has 2 amide bonds. The molecule has 0 aliphatic carbocycles. The number of rotatable bonds is 7. The second kappa shape index (κ2) is 9.24. The minimum absolute atomic E-state index is 0.00869. The Bertz CT molecular complexity index is 1260. The van der Waals surface area contributed by atoms with Crippen LogP contribution in [-0.4, -0.2) is 57.6 Å². The van der Waals surface area contributed by atoms with Gasteiger partial charge in [-0.2, -0.15) is 0 Å². The van der Waals surface area contributed by atoms with E-state index >= 15 is 0 Å². The molecular weight excluding hydrogens is 466 g/mol. The van der Waals surface area contributed by atoms with Crippen molar-refractivity contribution in [1.29, 1.82) is 0 Å². The molecule has 0 spiro atoms. The summed E-state index contributed by atoms with van der Waals surface area (Å²) in [6.07, 6.45) is 1.71. The Morgan fingerprint density at radius 2 is 1.76 bits per heavy atom. The molecule has 176 valence electrons. The molecule has 2 saturated heterocycles. The molecule has 2 aromatic carbocycles. The number of amides is 2. The van der Waals surface area contributed by atoms with E-state index in [1.165, 1.54) is 24.3 Å². The van der Waals surface area contributed by atoms with Gasteiger partial charge in [0.2, 0.25) is 15.9 Å². The van der Waals surface area contributed by atoms with Crippen molar-refractivity contribution in [2.24, 2.45) is 0 Å². The Morgan fingerprint density at radius 3 is 2.33 bits per heavy atom. The average molecular weight is 492 g/mol. The second-order valence-electron chi connectivity index (χ2n) is 8.32. The summed E-state index contributed by atoms with van der Waals surface area (Å²) in [6.45, 7) is 1.28. The van der Waals surface area contributed by atoms with Crippen LogP contribution in [-0.2, 0) is 31.2 Å². The van der Waals surface area contributed by atoms with Crippen LogP contribution in [0, 0.1) is 0 Å². The van der Waals surface area contributed by atoms with Crippen LogP contribution in [0.5, 0.6) is 0 Å². The molecule has 0 bridgehead atoms. The van der Waals surface area contributed by atoms with Crippen molar-refractivity contribution >= 4 is 37.4 Å². The van der Waals surface area contributed by atoms with Gasteiger partial charge in [0, 0.05) is 36.8 Å². The topological polar surface area (TPSA) is 130 Å². The van der Waals surface area contributed by atoms with Crippen molar-refractivity contribution in [3.05, 3.63) is 59.7 Å². The predicted molar refractivity (Wildman–Crippen MR) is 123 cm³/mol. The highest BCUT2D eigenvalue weighted by Crippen LogP contribution is 2.19. The molecule has 33 heavy (non-hydrogen) atoms. The summed E-state index contributed by atoms with van der Waals surface area (Å²) >= 11 is 0. The molecule has 1 atom stereocenters. The molecule has 11 heteroatoms. The van der Waals surface area contributed by atoms with Crippen molar-refractivity contribution in [2.75, 3.05) is 23.4 Å². The first kappa shape index (κ1) is 23.4. The zero-order valence-electron chi connectivity index (χ0n) is 17.9. The maximum Gasteiger partial charge on any atom is 0.255 e. The average Bonchev–Trinajstić information content (AvgIpc) is 3.32. The molecule has 0 saturated carbocycles. The molecule has 2 aromatic rings. The molecule has 2 heterocycles. The third-order valence-electron chi connectivity index (χ3n) is 5.74. The molecule has 2 aliphatic heterocycles. The van der Waals surface area contributed by atoms with Crippen molar-refractivity contribution in [1.82, 2.24) is 9.62 Å². The number of sulfone groups is 1. The standard InChI is InChI=1S/C22H25N3O6S2/c26-21-2-1-12-25(21)14-16-3-5-17(6-4-16)22(27)23-18-7-9-20(10-8-18)33(30,31)24-19-11-13-32(28,29)15-19/h3-10,19,24H,1-2,11-15H2,(H,23,27)/t19-/m1/s1. The first-order valence-electron chi connectivity index (χ1n) is 10.6. The molecule has 0 aromatic heterocycles. The highest BCUT2D eigenvalue weighted by molar-refractivity contribution is 7.92. The zero-order chi connectivity index (χ0) is 23.6. The summed E-state index contributed by atoms with van der Waals surface area (Å²) in [5.41, 5.74) is 1.81. The fraction of sp³-hybridized carbons (Fsp3) is 0.364. The summed E-state index contributed by atoms with van der Waals surface area (Å²) in [5, 5.41) is 2.72. The van der Waals surface area contributed by atoms with Crippen molar-refractivity contribution in [2.45, 2.75) is 36.7 Å². The van der Waals surface area contributed by atoms with Crippen molar-refractivity contribution < 1.29 is 26.4 Å². The lowest BCUT2D eigenvalue weighted by Gasteiger charge is -2.15. The number of anilines is 1. The van der Waals surface area contributed by atoms with Gasteiger partial charge in [0.25, 0.3) is 5.91 Å². The zero-order valence-corrected chi connectivity index (χ0v) is 19.5. The van der Waals surface area contributed by atoms with Crippen LogP contribution in [0.25, 0.3) is 0 Å². The monoisotopic (exact) mass is 491 g/mol. The van der Waals surface area contributed by atoms with Crippen LogP contribution in [0.3, 0.4) is 0 Å². The van der Waals surface area contributed by atoms with E-state index in [2.05, 4.69) is 10.0 Å². The van der Waals surface area contributed by atoms with Crippen LogP contribution in [0.4, 0.5) is 5.69 Å². The molecule has 0 unspecified atom stereocenters. The number of nitrogens with one attached hydrogen (secondary N) is 2. The summed E-state index contributed by atoms with van der Waals surface area (Å²) in [5.74, 6) is -0.426. The summed E-state index contributed by atoms with van der Waals surface area (Å²) < 4.78 is 50.5. The van der Waals surface area contributed by atoms with Gasteiger partial charge < -0.3 is 10.2 Å². The maximum absolute atomic E-state index is 12.5. The van der Waals surface area contributed by atoms with Gasteiger partial charge in [0.1, 0.15) is 0 Å². The molecule has 2 aliphatic rings. The number of carbonyl (C=O) groups excluding carboxylic acids is 2. The third kappa shape index (κ3) is 5.79. The Kier molecular flexibility index (Phi) is 6.55. The Morgan fingerprint density at radius 1 is 1.06 bits per heavy atom. The first-order valence-corrected chi connectivity index (χ1v) is 13.9. The lowest BCUT2D eigenvalue weighted by Crippen LogP contribution is -2.35. The largest absolute Gasteiger partial charge is 0.338 e. The molecule has 0 radical (unpaired) electrons. The fourth-order valence-corrected chi connectivity index (χ4v) is 7.00. The lowest BCUT2D eigenvalue weighted by molar-refractivity contribution is -0.128. The number of hydrogen-bond donors (Lipinski definition) is 2. The van der Waals surface area contributed by atoms with Gasteiger partial charge >= 0.3 is 0 Å². The van der Waals surface area contributed by atoms with Gasteiger partial charge in [-0.3, -0.25) is 9.59 Å². The number of carbonyl (C=O) groups is 2. The van der Waals surface area contributed by atoms with E-state index in [9.17, 15) is 26.4 Å². The van der Waals surface area contributed by atoms with Gasteiger partial charge in [-0.15, -0.1) is 0 Å². The van der Waals surface area contributed by atoms with Crippen LogP contribution in [0.1, 0.15) is 35.2 Å². The lowest BCUT2D eigenvalue weighted by atomic mass is 10.1. The number of likely N-dealkylation sites (tertiary alicyclic amines) is 1. The maximum atomic E-state index is 12.5. The number of sulfonamides is 1. The molecule has 2 N–H and O–H groups in total. The van der Waals surface area contributed by atoms with Gasteiger partial charge in [0.15, 0.2) is 9.84 Å². The fourth-order valence-electron chi connectivity index (χ4n) is 3.95. The van der Waals surface area contributed by atoms with Gasteiger partial charge in [-0.1, -0.05) is 12.1 Å². The summed E-state index contributed by atoms with van der Waals surface area (Å²) in [7, 11) is -7.06. The van der Waals surface area contributed by atoms with E-state index in [0.717, 1.165) is 18.5 Å². The minimum atomic E-state index is -3.87. The van der Waals surface area contributed by atoms with Gasteiger partial charge in [-0.25, -0.2) is 21.6 Å². The van der Waals surface area contributed by atoms with E-state index in [1.807, 2.05) is 12.1 Å². The predicted octanol–water partition coefficient (Wildman–Crippen LogP) is 1.53. The van der Waals surface area contributed by atoms with Crippen molar-refractivity contribution in [3.63, 3.8) is 0 Å². The minimum Gasteiger partial charge on any atom is -0.338 e. The molecular formula is C22H25N3O6S2. The number of nitrogens with zero attached hydrogens (tertiary/aromatic N) is 1. The van der Waals surface area contributed by atoms with E-state index < -0.39 is 25.9 Å². The highest BCUT2D eigenvalue weighted by atomic mass is 32.2. The van der Waals surface area contributed by atoms with E-state index in [0.29, 0.717) is 24.2 Å². The smallest absolute Gasteiger partial charge is 0.255 e. The van der Waals surface area contributed by atoms with E-state index in [1.54, 1.807) is 17.0 Å². The Balaban J connectivity index is 1.35. The quantitative estimate of drug-likeness (QED) is 0.604. The SMILES string of the molecule is O=C(Nc1ccc(S(=O)(=O)N[C@@H]2CCS(=O)(=O)C2)cc1)c1ccc(CN2CCCC2=O)cc1. The van der Waals surface area contributed by atoms with E-state index in [4.69, 9.17) is 0 Å². The van der Waals surface area contributed by atoms with Gasteiger partial charge in [0.05, 0.1) is 16.4 Å². The van der Waals surface area contributed by atoms with Crippen LogP contribution in [0.2, 0.25) is 0 Å². The molecule has 9 nitrogen and oxygen atoms in total. The number of benzene rings is 2. The van der Waals surface area contributed by atoms with Crippen molar-refractivity contribution in [3.8, 4) is 0 Å². The van der Waals surface area contributed by atoms with Crippen LogP contribution >= 0.6 is 0 Å². The number of hydrogen-bond acceptors (Lipinski definition) is 6. The molecule has 4 rings (SSSR count). The van der Waals surface area contributed by atoms with Crippen LogP contribution < -0.4 is 10.0 Å². The van der Waals surface area contributed by atoms with E-state index in [-0.39, 0.29) is 34.6 Å². The Hall–Kier alpha value is -2.76. The summed E-state index contributed by atoms with van der Waals surface area (Å²) in [4.78, 5) is 26.1. The second-order valence-corrected chi connectivity index (χ2v) is 12.3.